The molecule has 1 aliphatic heterocycles. The third-order valence-electron chi connectivity index (χ3n) is 3.09. The number of amides is 1. The predicted molar refractivity (Wildman–Crippen MR) is 67.0 cm³/mol. The van der Waals surface area contributed by atoms with E-state index in [1.165, 1.54) is 11.3 Å². The lowest BCUT2D eigenvalue weighted by Gasteiger charge is -2.33. The van der Waals surface area contributed by atoms with Gasteiger partial charge in [0.25, 0.3) is 0 Å². The summed E-state index contributed by atoms with van der Waals surface area (Å²) >= 11 is 1.41. The lowest BCUT2D eigenvalue weighted by atomic mass is 10.1. The first-order valence-electron chi connectivity index (χ1n) is 5.79. The van der Waals surface area contributed by atoms with Gasteiger partial charge in [-0.2, -0.15) is 0 Å². The number of aliphatic hydroxyl groups excluding tert-OH is 1. The molecule has 0 bridgehead atoms. The van der Waals surface area contributed by atoms with Crippen LogP contribution in [-0.4, -0.2) is 46.1 Å². The number of hydrogen-bond donors (Lipinski definition) is 2. The summed E-state index contributed by atoms with van der Waals surface area (Å²) in [6.07, 6.45) is 2.95. The number of rotatable bonds is 3. The minimum Gasteiger partial charge on any atom is -0.393 e. The monoisotopic (exact) mass is 255 g/mol. The van der Waals surface area contributed by atoms with Crippen molar-refractivity contribution in [2.75, 3.05) is 18.4 Å². The van der Waals surface area contributed by atoms with Crippen LogP contribution in [0.2, 0.25) is 0 Å². The first kappa shape index (κ1) is 12.5. The highest BCUT2D eigenvalue weighted by molar-refractivity contribution is 7.13. The fraction of sp³-hybridized carbons (Fsp3) is 0.636. The maximum Gasteiger partial charge on any atom is 0.243 e. The Morgan fingerprint density at radius 3 is 2.94 bits per heavy atom. The molecule has 17 heavy (non-hydrogen) atoms. The zero-order valence-electron chi connectivity index (χ0n) is 9.80. The van der Waals surface area contributed by atoms with Crippen molar-refractivity contribution in [3.8, 4) is 0 Å². The summed E-state index contributed by atoms with van der Waals surface area (Å²) in [6, 6.07) is -0.175. The van der Waals surface area contributed by atoms with Crippen LogP contribution in [0.15, 0.2) is 11.6 Å². The van der Waals surface area contributed by atoms with E-state index < -0.39 is 0 Å². The van der Waals surface area contributed by atoms with E-state index in [9.17, 15) is 9.90 Å². The van der Waals surface area contributed by atoms with Crippen molar-refractivity contribution in [1.29, 1.82) is 0 Å². The Morgan fingerprint density at radius 1 is 1.65 bits per heavy atom. The van der Waals surface area contributed by atoms with Gasteiger partial charge in [0.15, 0.2) is 5.13 Å². The second kappa shape index (κ2) is 5.57. The molecule has 0 aromatic carbocycles. The third kappa shape index (κ3) is 3.24. The molecule has 2 rings (SSSR count). The van der Waals surface area contributed by atoms with Gasteiger partial charge < -0.3 is 10.4 Å². The summed E-state index contributed by atoms with van der Waals surface area (Å²) in [4.78, 5) is 18.1. The second-order valence-electron chi connectivity index (χ2n) is 4.27. The fourth-order valence-electron chi connectivity index (χ4n) is 1.93. The minimum absolute atomic E-state index is 0.0312. The molecule has 0 saturated carbocycles. The van der Waals surface area contributed by atoms with Crippen molar-refractivity contribution in [1.82, 2.24) is 9.88 Å². The predicted octanol–water partition coefficient (Wildman–Crippen LogP) is 0.927. The number of anilines is 1. The van der Waals surface area contributed by atoms with Gasteiger partial charge in [-0.25, -0.2) is 4.98 Å². The average Bonchev–Trinajstić information content (AvgIpc) is 2.82. The summed E-state index contributed by atoms with van der Waals surface area (Å²) in [5.74, 6) is -0.0312. The van der Waals surface area contributed by atoms with Crippen LogP contribution < -0.4 is 5.32 Å². The van der Waals surface area contributed by atoms with Crippen LogP contribution in [0.4, 0.5) is 5.13 Å². The van der Waals surface area contributed by atoms with Gasteiger partial charge in [0.05, 0.1) is 12.1 Å². The van der Waals surface area contributed by atoms with E-state index in [0.29, 0.717) is 5.13 Å². The zero-order valence-corrected chi connectivity index (χ0v) is 10.6. The molecule has 1 amide bonds. The number of thiazole rings is 1. The molecule has 1 saturated heterocycles. The molecular formula is C11H17N3O2S. The van der Waals surface area contributed by atoms with Crippen LogP contribution in [-0.2, 0) is 4.79 Å². The van der Waals surface area contributed by atoms with E-state index in [0.717, 1.165) is 25.9 Å². The average molecular weight is 255 g/mol. The Hall–Kier alpha value is -0.980. The summed E-state index contributed by atoms with van der Waals surface area (Å²) in [7, 11) is 0. The molecule has 6 heteroatoms. The first-order chi connectivity index (χ1) is 8.16. The van der Waals surface area contributed by atoms with E-state index >= 15 is 0 Å². The van der Waals surface area contributed by atoms with Gasteiger partial charge in [-0.3, -0.25) is 9.69 Å². The molecule has 1 aromatic heterocycles. The topological polar surface area (TPSA) is 65.5 Å². The molecule has 1 aromatic rings. The highest BCUT2D eigenvalue weighted by Gasteiger charge is 2.25. The summed E-state index contributed by atoms with van der Waals surface area (Å²) in [5, 5.41) is 14.7. The van der Waals surface area contributed by atoms with Crippen LogP contribution in [0.3, 0.4) is 0 Å². The highest BCUT2D eigenvalue weighted by atomic mass is 32.1. The fourth-order valence-corrected chi connectivity index (χ4v) is 2.47. The number of piperidine rings is 1. The Kier molecular flexibility index (Phi) is 4.09. The zero-order chi connectivity index (χ0) is 12.3. The van der Waals surface area contributed by atoms with Crippen molar-refractivity contribution < 1.29 is 9.90 Å². The molecule has 1 fully saturated rings. The van der Waals surface area contributed by atoms with Crippen molar-refractivity contribution in [3.05, 3.63) is 11.6 Å². The van der Waals surface area contributed by atoms with Gasteiger partial charge in [0.1, 0.15) is 0 Å². The van der Waals surface area contributed by atoms with E-state index in [-0.39, 0.29) is 18.1 Å². The van der Waals surface area contributed by atoms with Crippen molar-refractivity contribution in [3.63, 3.8) is 0 Å². The number of nitrogens with one attached hydrogen (secondary N) is 1. The third-order valence-corrected chi connectivity index (χ3v) is 3.78. The van der Waals surface area contributed by atoms with Crippen molar-refractivity contribution in [2.24, 2.45) is 0 Å². The van der Waals surface area contributed by atoms with Crippen LogP contribution in [0, 0.1) is 0 Å². The van der Waals surface area contributed by atoms with Gasteiger partial charge in [-0.1, -0.05) is 0 Å². The number of likely N-dealkylation sites (tertiary alicyclic amines) is 1. The summed E-state index contributed by atoms with van der Waals surface area (Å²) in [5.41, 5.74) is 0. The Morgan fingerprint density at radius 2 is 2.35 bits per heavy atom. The molecule has 94 valence electrons. The molecule has 2 N–H and O–H groups in total. The number of nitrogens with zero attached hydrogens (tertiary/aromatic N) is 2. The molecule has 0 spiro atoms. The lowest BCUT2D eigenvalue weighted by molar-refractivity contribution is -0.121. The Bertz CT molecular complexity index is 361. The molecule has 0 radical (unpaired) electrons. The van der Waals surface area contributed by atoms with Crippen LogP contribution in [0.5, 0.6) is 0 Å². The van der Waals surface area contributed by atoms with E-state index in [1.54, 1.807) is 6.20 Å². The SMILES string of the molecule is CC(C(=O)Nc1nccs1)N1CCC(O)CC1. The van der Waals surface area contributed by atoms with Gasteiger partial charge in [0.2, 0.25) is 5.91 Å². The maximum atomic E-state index is 11.9. The largest absolute Gasteiger partial charge is 0.393 e. The second-order valence-corrected chi connectivity index (χ2v) is 5.16. The molecule has 0 aliphatic carbocycles. The van der Waals surface area contributed by atoms with Crippen LogP contribution in [0.1, 0.15) is 19.8 Å². The van der Waals surface area contributed by atoms with Gasteiger partial charge >= 0.3 is 0 Å². The molecule has 1 atom stereocenters. The van der Waals surface area contributed by atoms with E-state index in [1.807, 2.05) is 12.3 Å². The number of hydrogen-bond acceptors (Lipinski definition) is 5. The molecule has 2 heterocycles. The number of aliphatic hydroxyl groups is 1. The molecule has 1 aliphatic rings. The van der Waals surface area contributed by atoms with Crippen LogP contribution >= 0.6 is 11.3 Å². The molecular weight excluding hydrogens is 238 g/mol. The Labute approximate surface area is 104 Å². The number of carbonyl (C=O) groups is 1. The molecule has 1 unspecified atom stereocenters. The highest BCUT2D eigenvalue weighted by Crippen LogP contribution is 2.15. The summed E-state index contributed by atoms with van der Waals surface area (Å²) in [6.45, 7) is 3.43. The van der Waals surface area contributed by atoms with E-state index in [4.69, 9.17) is 0 Å². The van der Waals surface area contributed by atoms with Crippen molar-refractivity contribution in [2.45, 2.75) is 31.9 Å². The smallest absolute Gasteiger partial charge is 0.243 e. The maximum absolute atomic E-state index is 11.9. The van der Waals surface area contributed by atoms with Gasteiger partial charge in [0, 0.05) is 24.7 Å². The Balaban J connectivity index is 1.86. The first-order valence-corrected chi connectivity index (χ1v) is 6.67. The quantitative estimate of drug-likeness (QED) is 0.843. The standard InChI is InChI=1S/C11H17N3O2S/c1-8(14-5-2-9(15)3-6-14)10(16)13-11-12-4-7-17-11/h4,7-9,15H,2-3,5-6H2,1H3,(H,12,13,16). The van der Waals surface area contributed by atoms with Crippen molar-refractivity contribution >= 4 is 22.4 Å². The minimum atomic E-state index is -0.208. The van der Waals surface area contributed by atoms with Gasteiger partial charge in [-0.15, -0.1) is 11.3 Å². The number of carbonyl (C=O) groups excluding carboxylic acids is 1. The normalized spacial score (nSPS) is 20.1. The van der Waals surface area contributed by atoms with Gasteiger partial charge in [-0.05, 0) is 19.8 Å². The molecule has 5 nitrogen and oxygen atoms in total. The lowest BCUT2D eigenvalue weighted by Crippen LogP contribution is -2.46. The summed E-state index contributed by atoms with van der Waals surface area (Å²) < 4.78 is 0. The number of aromatic nitrogens is 1. The van der Waals surface area contributed by atoms with E-state index in [2.05, 4.69) is 15.2 Å². The van der Waals surface area contributed by atoms with Crippen LogP contribution in [0.25, 0.3) is 0 Å².